The average molecular weight is 415 g/mol. The van der Waals surface area contributed by atoms with Crippen LogP contribution in [0.1, 0.15) is 50.0 Å². The van der Waals surface area contributed by atoms with Crippen LogP contribution < -0.4 is 0 Å². The largest absolute Gasteiger partial charge is 0.378 e. The number of nitrogens with zero attached hydrogens (tertiary/aromatic N) is 6. The second-order valence-electron chi connectivity index (χ2n) is 9.33. The van der Waals surface area contributed by atoms with Gasteiger partial charge in [0.05, 0.1) is 30.6 Å². The molecule has 5 rings (SSSR count). The van der Waals surface area contributed by atoms with Gasteiger partial charge in [-0.15, -0.1) is 5.10 Å². The first-order valence-corrected chi connectivity index (χ1v) is 11.5. The minimum Gasteiger partial charge on any atom is -0.378 e. The molecule has 8 heteroatoms. The van der Waals surface area contributed by atoms with Gasteiger partial charge in [0.25, 0.3) is 0 Å². The molecule has 2 aliphatic carbocycles. The lowest BCUT2D eigenvalue weighted by molar-refractivity contribution is -0.0376. The first kappa shape index (κ1) is 20.2. The second kappa shape index (κ2) is 8.77. The normalized spacial score (nSPS) is 29.4. The molecule has 1 aliphatic heterocycles. The van der Waals surface area contributed by atoms with E-state index in [9.17, 15) is 0 Å². The average Bonchev–Trinajstić information content (AvgIpc) is 3.12. The Hall–Kier alpha value is -1.77. The summed E-state index contributed by atoms with van der Waals surface area (Å²) in [6.07, 6.45) is 9.07. The van der Waals surface area contributed by atoms with Gasteiger partial charge in [-0.3, -0.25) is 9.58 Å². The van der Waals surface area contributed by atoms with Crippen molar-refractivity contribution in [2.24, 2.45) is 17.8 Å². The number of methoxy groups -OCH3 is 1. The summed E-state index contributed by atoms with van der Waals surface area (Å²) in [5.74, 6) is 2.16. The molecular weight excluding hydrogens is 380 g/mol. The number of likely N-dealkylation sites (tertiary alicyclic amines) is 1. The highest BCUT2D eigenvalue weighted by molar-refractivity contribution is 5.03. The molecular formula is C22H34N6O2. The highest BCUT2D eigenvalue weighted by Gasteiger charge is 2.44. The number of rotatable bonds is 9. The number of fused-ring (bicyclic) bond motifs is 1. The topological polar surface area (TPSA) is 70.2 Å². The fraction of sp³-hybridized carbons (Fsp3) is 0.773. The van der Waals surface area contributed by atoms with Crippen LogP contribution in [0, 0.1) is 17.8 Å². The minimum absolute atomic E-state index is 0.227. The van der Waals surface area contributed by atoms with E-state index in [4.69, 9.17) is 9.47 Å². The lowest BCUT2D eigenvalue weighted by atomic mass is 9.77. The van der Waals surface area contributed by atoms with Crippen LogP contribution in [0.3, 0.4) is 0 Å². The van der Waals surface area contributed by atoms with Crippen LogP contribution >= 0.6 is 0 Å². The fourth-order valence-electron chi connectivity index (χ4n) is 5.32. The van der Waals surface area contributed by atoms with Crippen LogP contribution in [-0.2, 0) is 29.2 Å². The highest BCUT2D eigenvalue weighted by Crippen LogP contribution is 2.43. The molecule has 0 amide bonds. The number of hydrogen-bond acceptors (Lipinski definition) is 6. The van der Waals surface area contributed by atoms with E-state index < -0.39 is 0 Å². The molecule has 0 bridgehead atoms. The Morgan fingerprint density at radius 1 is 1.17 bits per heavy atom. The molecule has 3 fully saturated rings. The lowest BCUT2D eigenvalue weighted by Crippen LogP contribution is -2.38. The summed E-state index contributed by atoms with van der Waals surface area (Å²) >= 11 is 0. The molecule has 0 aromatic carbocycles. The van der Waals surface area contributed by atoms with Gasteiger partial charge in [-0.1, -0.05) is 5.21 Å². The van der Waals surface area contributed by atoms with Gasteiger partial charge in [0.15, 0.2) is 0 Å². The molecule has 30 heavy (non-hydrogen) atoms. The van der Waals surface area contributed by atoms with Crippen LogP contribution in [0.4, 0.5) is 0 Å². The van der Waals surface area contributed by atoms with Gasteiger partial charge in [-0.2, -0.15) is 5.10 Å². The van der Waals surface area contributed by atoms with Gasteiger partial charge in [-0.25, -0.2) is 4.68 Å². The van der Waals surface area contributed by atoms with Crippen molar-refractivity contribution >= 4 is 0 Å². The maximum atomic E-state index is 6.48. The Bertz CT molecular complexity index is 831. The monoisotopic (exact) mass is 414 g/mol. The zero-order valence-corrected chi connectivity index (χ0v) is 18.2. The molecule has 164 valence electrons. The summed E-state index contributed by atoms with van der Waals surface area (Å²) < 4.78 is 15.9. The van der Waals surface area contributed by atoms with E-state index in [0.29, 0.717) is 18.4 Å². The molecule has 0 N–H and O–H groups in total. The Morgan fingerprint density at radius 3 is 2.77 bits per heavy atom. The molecule has 0 radical (unpaired) electrons. The molecule has 4 atom stereocenters. The molecule has 8 nitrogen and oxygen atoms in total. The van der Waals surface area contributed by atoms with E-state index in [-0.39, 0.29) is 12.1 Å². The van der Waals surface area contributed by atoms with Crippen molar-refractivity contribution in [3.8, 4) is 0 Å². The second-order valence-corrected chi connectivity index (χ2v) is 9.33. The maximum Gasteiger partial charge on any atom is 0.108 e. The number of hydrogen-bond donors (Lipinski definition) is 0. The number of aryl methyl sites for hydroxylation is 1. The first-order valence-electron chi connectivity index (χ1n) is 11.5. The van der Waals surface area contributed by atoms with Crippen molar-refractivity contribution in [2.75, 3.05) is 26.8 Å². The van der Waals surface area contributed by atoms with Crippen molar-refractivity contribution in [1.29, 1.82) is 0 Å². The summed E-state index contributed by atoms with van der Waals surface area (Å²) in [4.78, 5) is 2.61. The van der Waals surface area contributed by atoms with Crippen LogP contribution in [0.15, 0.2) is 18.5 Å². The number of ether oxygens (including phenoxy) is 2. The predicted octanol–water partition coefficient (Wildman–Crippen LogP) is 2.52. The molecule has 2 aromatic rings. The molecule has 0 spiro atoms. The SMILES string of the molecule is CCn1nccc1CN1C[C@H]2C[C@@H](n3cc(COC)nn3)[C@H](OCC3CC3)C[C@H]2C1. The van der Waals surface area contributed by atoms with Crippen LogP contribution in [0.25, 0.3) is 0 Å². The highest BCUT2D eigenvalue weighted by atomic mass is 16.5. The molecule has 1 saturated heterocycles. The molecule has 2 saturated carbocycles. The Labute approximate surface area is 178 Å². The van der Waals surface area contributed by atoms with Gasteiger partial charge < -0.3 is 9.47 Å². The minimum atomic E-state index is 0.227. The van der Waals surface area contributed by atoms with Crippen molar-refractivity contribution in [3.63, 3.8) is 0 Å². The van der Waals surface area contributed by atoms with Gasteiger partial charge in [0.1, 0.15) is 5.69 Å². The summed E-state index contributed by atoms with van der Waals surface area (Å²) in [5, 5.41) is 13.2. The molecule has 0 unspecified atom stereocenters. The van der Waals surface area contributed by atoms with Gasteiger partial charge >= 0.3 is 0 Å². The molecule has 3 heterocycles. The summed E-state index contributed by atoms with van der Waals surface area (Å²) in [6, 6.07) is 2.42. The van der Waals surface area contributed by atoms with Crippen LogP contribution in [0.5, 0.6) is 0 Å². The van der Waals surface area contributed by atoms with Crippen molar-refractivity contribution < 1.29 is 9.47 Å². The standard InChI is InChI=1S/C22H34N6O2/c1-3-27-20(6-7-23-27)13-26-10-17-8-21(28-12-19(15-29-2)24-25-28)22(9-18(17)11-26)30-14-16-4-5-16/h6-7,12,16-18,21-22H,3-5,8-11,13-15H2,1-2H3/t17-,18+,21-,22-/m1/s1. The van der Waals surface area contributed by atoms with E-state index in [2.05, 4.69) is 48.9 Å². The van der Waals surface area contributed by atoms with E-state index >= 15 is 0 Å². The molecule has 2 aromatic heterocycles. The van der Waals surface area contributed by atoms with Crippen LogP contribution in [-0.4, -0.2) is 62.6 Å². The van der Waals surface area contributed by atoms with E-state index in [1.807, 2.05) is 6.20 Å². The maximum absolute atomic E-state index is 6.48. The van der Waals surface area contributed by atoms with Crippen LogP contribution in [0.2, 0.25) is 0 Å². The van der Waals surface area contributed by atoms with Crippen molar-refractivity contribution in [3.05, 3.63) is 29.8 Å². The van der Waals surface area contributed by atoms with Gasteiger partial charge in [0.2, 0.25) is 0 Å². The van der Waals surface area contributed by atoms with Crippen molar-refractivity contribution in [2.45, 2.75) is 64.4 Å². The van der Waals surface area contributed by atoms with Gasteiger partial charge in [-0.05, 0) is 56.4 Å². The fourth-order valence-corrected chi connectivity index (χ4v) is 5.32. The summed E-state index contributed by atoms with van der Waals surface area (Å²) in [7, 11) is 1.70. The summed E-state index contributed by atoms with van der Waals surface area (Å²) in [6.45, 7) is 7.77. The Kier molecular flexibility index (Phi) is 5.89. The third kappa shape index (κ3) is 4.31. The lowest BCUT2D eigenvalue weighted by Gasteiger charge is -2.37. The third-order valence-electron chi connectivity index (χ3n) is 7.08. The Balaban J connectivity index is 1.28. The van der Waals surface area contributed by atoms with E-state index in [0.717, 1.165) is 57.2 Å². The molecule has 3 aliphatic rings. The predicted molar refractivity (Wildman–Crippen MR) is 112 cm³/mol. The van der Waals surface area contributed by atoms with Crippen molar-refractivity contribution in [1.82, 2.24) is 29.7 Å². The zero-order chi connectivity index (χ0) is 20.5. The van der Waals surface area contributed by atoms with E-state index in [1.165, 1.54) is 18.5 Å². The van der Waals surface area contributed by atoms with E-state index in [1.54, 1.807) is 7.11 Å². The van der Waals surface area contributed by atoms with Gasteiger partial charge in [0, 0.05) is 46.1 Å². The number of aromatic nitrogens is 5. The third-order valence-corrected chi connectivity index (χ3v) is 7.08. The quantitative estimate of drug-likeness (QED) is 0.628. The Morgan fingerprint density at radius 2 is 2.00 bits per heavy atom. The zero-order valence-electron chi connectivity index (χ0n) is 18.2. The smallest absolute Gasteiger partial charge is 0.108 e. The first-order chi connectivity index (χ1) is 14.7. The summed E-state index contributed by atoms with van der Waals surface area (Å²) in [5.41, 5.74) is 2.20.